The van der Waals surface area contributed by atoms with E-state index in [1.807, 2.05) is 11.3 Å². The Morgan fingerprint density at radius 2 is 2.31 bits per heavy atom. The third-order valence-corrected chi connectivity index (χ3v) is 2.91. The van der Waals surface area contributed by atoms with Gasteiger partial charge in [0, 0.05) is 18.5 Å². The summed E-state index contributed by atoms with van der Waals surface area (Å²) in [6.07, 6.45) is 1.12. The Labute approximate surface area is 83.9 Å². The summed E-state index contributed by atoms with van der Waals surface area (Å²) in [6.45, 7) is 4.96. The highest BCUT2D eigenvalue weighted by Crippen LogP contribution is 2.14. The molecule has 0 atom stereocenters. The molecule has 74 valence electrons. The minimum absolute atomic E-state index is 0.794. The first-order chi connectivity index (χ1) is 6.34. The SMILES string of the molecule is COCCNCCc1ccsc1C. The van der Waals surface area contributed by atoms with Gasteiger partial charge in [-0.15, -0.1) is 11.3 Å². The van der Waals surface area contributed by atoms with Crippen LogP contribution in [0.4, 0.5) is 0 Å². The Bertz CT molecular complexity index is 235. The second-order valence-corrected chi connectivity index (χ2v) is 4.12. The van der Waals surface area contributed by atoms with Gasteiger partial charge >= 0.3 is 0 Å². The lowest BCUT2D eigenvalue weighted by molar-refractivity contribution is 0.199. The van der Waals surface area contributed by atoms with Crippen LogP contribution in [0.15, 0.2) is 11.4 Å². The first kappa shape index (κ1) is 10.7. The van der Waals surface area contributed by atoms with Crippen LogP contribution in [-0.2, 0) is 11.2 Å². The molecule has 13 heavy (non-hydrogen) atoms. The Morgan fingerprint density at radius 1 is 1.46 bits per heavy atom. The van der Waals surface area contributed by atoms with Crippen LogP contribution in [0.3, 0.4) is 0 Å². The van der Waals surface area contributed by atoms with Crippen LogP contribution >= 0.6 is 11.3 Å². The summed E-state index contributed by atoms with van der Waals surface area (Å²) in [5, 5.41) is 5.48. The molecule has 0 saturated heterocycles. The molecule has 0 fully saturated rings. The number of aryl methyl sites for hydroxylation is 1. The molecule has 1 aromatic rings. The van der Waals surface area contributed by atoms with Crippen molar-refractivity contribution in [2.45, 2.75) is 13.3 Å². The maximum Gasteiger partial charge on any atom is 0.0587 e. The number of rotatable bonds is 6. The lowest BCUT2D eigenvalue weighted by Crippen LogP contribution is -2.21. The van der Waals surface area contributed by atoms with Crippen LogP contribution in [0.2, 0.25) is 0 Å². The van der Waals surface area contributed by atoms with Gasteiger partial charge in [0.25, 0.3) is 0 Å². The van der Waals surface area contributed by atoms with Crippen LogP contribution in [0.25, 0.3) is 0 Å². The molecular formula is C10H17NOS. The molecule has 1 rings (SSSR count). The number of methoxy groups -OCH3 is 1. The van der Waals surface area contributed by atoms with Gasteiger partial charge in [-0.1, -0.05) is 0 Å². The van der Waals surface area contributed by atoms with Gasteiger partial charge in [0.15, 0.2) is 0 Å². The Hall–Kier alpha value is -0.380. The van der Waals surface area contributed by atoms with Gasteiger partial charge < -0.3 is 10.1 Å². The van der Waals surface area contributed by atoms with Crippen molar-refractivity contribution in [2.75, 3.05) is 26.8 Å². The number of hydrogen-bond acceptors (Lipinski definition) is 3. The Balaban J connectivity index is 2.10. The fourth-order valence-corrected chi connectivity index (χ4v) is 1.95. The van der Waals surface area contributed by atoms with Crippen LogP contribution in [0.1, 0.15) is 10.4 Å². The molecule has 1 N–H and O–H groups in total. The van der Waals surface area contributed by atoms with E-state index in [1.54, 1.807) is 7.11 Å². The standard InChI is InChI=1S/C10H17NOS/c1-9-10(4-8-13-9)3-5-11-6-7-12-2/h4,8,11H,3,5-7H2,1-2H3. The summed E-state index contributed by atoms with van der Waals surface area (Å²) in [5.74, 6) is 0. The number of hydrogen-bond donors (Lipinski definition) is 1. The summed E-state index contributed by atoms with van der Waals surface area (Å²) in [5.41, 5.74) is 1.47. The predicted molar refractivity (Wildman–Crippen MR) is 57.5 cm³/mol. The molecule has 0 spiro atoms. The molecule has 3 heteroatoms. The van der Waals surface area contributed by atoms with Gasteiger partial charge in [0.05, 0.1) is 6.61 Å². The number of thiophene rings is 1. The van der Waals surface area contributed by atoms with E-state index in [0.29, 0.717) is 0 Å². The molecule has 1 aromatic heterocycles. The first-order valence-electron chi connectivity index (χ1n) is 4.57. The summed E-state index contributed by atoms with van der Waals surface area (Å²) < 4.78 is 4.94. The van der Waals surface area contributed by atoms with E-state index in [1.165, 1.54) is 10.4 Å². The molecule has 0 radical (unpaired) electrons. The molecular weight excluding hydrogens is 182 g/mol. The quantitative estimate of drug-likeness (QED) is 0.706. The highest BCUT2D eigenvalue weighted by Gasteiger charge is 1.97. The van der Waals surface area contributed by atoms with Crippen LogP contribution in [0, 0.1) is 6.92 Å². The summed E-state index contributed by atoms with van der Waals surface area (Å²) in [6, 6.07) is 2.21. The zero-order chi connectivity index (χ0) is 9.52. The fraction of sp³-hybridized carbons (Fsp3) is 0.600. The molecule has 0 bridgehead atoms. The van der Waals surface area contributed by atoms with Crippen molar-refractivity contribution in [2.24, 2.45) is 0 Å². The van der Waals surface area contributed by atoms with Gasteiger partial charge in [0.2, 0.25) is 0 Å². The highest BCUT2D eigenvalue weighted by atomic mass is 32.1. The maximum atomic E-state index is 4.94. The average Bonchev–Trinajstić information content (AvgIpc) is 2.52. The van der Waals surface area contributed by atoms with Crippen molar-refractivity contribution < 1.29 is 4.74 Å². The Morgan fingerprint density at radius 3 is 2.92 bits per heavy atom. The Kier molecular flexibility index (Phi) is 5.05. The van der Waals surface area contributed by atoms with E-state index < -0.39 is 0 Å². The molecule has 2 nitrogen and oxygen atoms in total. The van der Waals surface area contributed by atoms with Gasteiger partial charge in [0.1, 0.15) is 0 Å². The predicted octanol–water partition coefficient (Wildman–Crippen LogP) is 1.84. The summed E-state index contributed by atoms with van der Waals surface area (Å²) >= 11 is 1.82. The monoisotopic (exact) mass is 199 g/mol. The third-order valence-electron chi connectivity index (χ3n) is 2.02. The van der Waals surface area contributed by atoms with Crippen LogP contribution in [-0.4, -0.2) is 26.8 Å². The molecule has 0 unspecified atom stereocenters. The average molecular weight is 199 g/mol. The number of ether oxygens (including phenoxy) is 1. The van der Waals surface area contributed by atoms with Crippen molar-refractivity contribution >= 4 is 11.3 Å². The summed E-state index contributed by atoms with van der Waals surface area (Å²) in [4.78, 5) is 1.44. The van der Waals surface area contributed by atoms with Gasteiger partial charge in [-0.3, -0.25) is 0 Å². The van der Waals surface area contributed by atoms with Crippen LogP contribution in [0.5, 0.6) is 0 Å². The van der Waals surface area contributed by atoms with Gasteiger partial charge in [-0.25, -0.2) is 0 Å². The molecule has 0 aliphatic rings. The van der Waals surface area contributed by atoms with Crippen molar-refractivity contribution in [3.05, 3.63) is 21.9 Å². The van der Waals surface area contributed by atoms with Crippen molar-refractivity contribution in [3.8, 4) is 0 Å². The maximum absolute atomic E-state index is 4.94. The molecule has 0 saturated carbocycles. The topological polar surface area (TPSA) is 21.3 Å². The largest absolute Gasteiger partial charge is 0.383 e. The second-order valence-electron chi connectivity index (χ2n) is 2.99. The molecule has 1 heterocycles. The van der Waals surface area contributed by atoms with E-state index in [4.69, 9.17) is 4.74 Å². The van der Waals surface area contributed by atoms with E-state index in [0.717, 1.165) is 26.1 Å². The smallest absolute Gasteiger partial charge is 0.0587 e. The van der Waals surface area contributed by atoms with E-state index in [2.05, 4.69) is 23.7 Å². The van der Waals surface area contributed by atoms with Gasteiger partial charge in [-0.05, 0) is 36.9 Å². The molecule has 0 amide bonds. The van der Waals surface area contributed by atoms with Crippen molar-refractivity contribution in [1.29, 1.82) is 0 Å². The third kappa shape index (κ3) is 3.89. The normalized spacial score (nSPS) is 10.6. The first-order valence-corrected chi connectivity index (χ1v) is 5.45. The van der Waals surface area contributed by atoms with Crippen molar-refractivity contribution in [1.82, 2.24) is 5.32 Å². The zero-order valence-electron chi connectivity index (χ0n) is 8.30. The van der Waals surface area contributed by atoms with Crippen molar-refractivity contribution in [3.63, 3.8) is 0 Å². The molecule has 0 aliphatic heterocycles. The molecule has 0 aromatic carbocycles. The van der Waals surface area contributed by atoms with E-state index >= 15 is 0 Å². The minimum Gasteiger partial charge on any atom is -0.383 e. The van der Waals surface area contributed by atoms with E-state index in [9.17, 15) is 0 Å². The summed E-state index contributed by atoms with van der Waals surface area (Å²) in [7, 11) is 1.73. The van der Waals surface area contributed by atoms with Gasteiger partial charge in [-0.2, -0.15) is 0 Å². The lowest BCUT2D eigenvalue weighted by Gasteiger charge is -2.03. The minimum atomic E-state index is 0.794. The molecule has 0 aliphatic carbocycles. The second kappa shape index (κ2) is 6.13. The van der Waals surface area contributed by atoms with E-state index in [-0.39, 0.29) is 0 Å². The number of nitrogens with one attached hydrogen (secondary N) is 1. The fourth-order valence-electron chi connectivity index (χ4n) is 1.19. The highest BCUT2D eigenvalue weighted by molar-refractivity contribution is 7.10. The lowest BCUT2D eigenvalue weighted by atomic mass is 10.2. The zero-order valence-corrected chi connectivity index (χ0v) is 9.12. The van der Waals surface area contributed by atoms with Crippen LogP contribution < -0.4 is 5.32 Å².